The van der Waals surface area contributed by atoms with Crippen molar-refractivity contribution in [1.29, 1.82) is 0 Å². The molecule has 0 aliphatic rings. The topological polar surface area (TPSA) is 42.9 Å². The molecular weight excluding hydrogens is 283 g/mol. The second-order valence-corrected chi connectivity index (χ2v) is 4.44. The normalized spacial score (nSPS) is 10.0. The molecule has 0 bridgehead atoms. The Balaban J connectivity index is 0.00000162. The van der Waals surface area contributed by atoms with Crippen molar-refractivity contribution in [2.24, 2.45) is 0 Å². The van der Waals surface area contributed by atoms with Crippen molar-refractivity contribution in [3.63, 3.8) is 0 Å². The van der Waals surface area contributed by atoms with E-state index in [2.05, 4.69) is 9.97 Å². The fraction of sp³-hybridized carbons (Fsp3) is 0.214. The van der Waals surface area contributed by atoms with Gasteiger partial charge in [-0.1, -0.05) is 6.07 Å². The average Bonchev–Trinajstić information content (AvgIpc) is 2.40. The van der Waals surface area contributed by atoms with Gasteiger partial charge in [0.15, 0.2) is 5.78 Å². The molecule has 0 atom stereocenters. The number of aromatic nitrogens is 2. The monoisotopic (exact) mass is 298 g/mol. The van der Waals surface area contributed by atoms with Crippen molar-refractivity contribution in [3.05, 3.63) is 60.2 Å². The van der Waals surface area contributed by atoms with Crippen LogP contribution in [0.5, 0.6) is 0 Å². The van der Waals surface area contributed by atoms with Crippen LogP contribution in [0.3, 0.4) is 0 Å². The van der Waals surface area contributed by atoms with Crippen LogP contribution in [0.4, 0.5) is 0 Å². The van der Waals surface area contributed by atoms with Crippen LogP contribution in [0.1, 0.15) is 29.8 Å². The number of hydrogen-bond donors (Lipinski definition) is 0. The molecule has 0 unspecified atom stereocenters. The molecule has 0 amide bonds. The first-order chi connectivity index (χ1) is 8.12. The third-order valence-corrected chi connectivity index (χ3v) is 2.87. The van der Waals surface area contributed by atoms with Crippen LogP contribution in [-0.2, 0) is 5.41 Å². The van der Waals surface area contributed by atoms with Gasteiger partial charge >= 0.3 is 0 Å². The van der Waals surface area contributed by atoms with E-state index in [0.29, 0.717) is 5.56 Å². The van der Waals surface area contributed by atoms with Gasteiger partial charge in [-0.2, -0.15) is 0 Å². The van der Waals surface area contributed by atoms with Gasteiger partial charge < -0.3 is 0 Å². The molecule has 2 aromatic rings. The van der Waals surface area contributed by atoms with Gasteiger partial charge in [-0.05, 0) is 37.6 Å². The molecule has 5 heteroatoms. The molecule has 3 nitrogen and oxygen atoms in total. The Morgan fingerprint density at radius 1 is 1.00 bits per heavy atom. The molecule has 0 fully saturated rings. The fourth-order valence-electron chi connectivity index (χ4n) is 1.72. The molecule has 2 aromatic heterocycles. The molecule has 0 N–H and O–H groups in total. The highest BCUT2D eigenvalue weighted by atomic mass is 35.5. The lowest BCUT2D eigenvalue weighted by atomic mass is 9.79. The molecule has 0 aliphatic carbocycles. The summed E-state index contributed by atoms with van der Waals surface area (Å²) in [7, 11) is 0. The van der Waals surface area contributed by atoms with Crippen molar-refractivity contribution in [2.75, 3.05) is 0 Å². The maximum Gasteiger partial charge on any atom is 0.174 e. The Morgan fingerprint density at radius 3 is 2.05 bits per heavy atom. The molecular formula is C14H16Cl2N2O. The van der Waals surface area contributed by atoms with E-state index in [1.807, 2.05) is 26.0 Å². The van der Waals surface area contributed by atoms with Crippen molar-refractivity contribution >= 4 is 30.6 Å². The molecule has 0 aromatic carbocycles. The van der Waals surface area contributed by atoms with Gasteiger partial charge in [0, 0.05) is 30.4 Å². The quantitative estimate of drug-likeness (QED) is 0.815. The highest BCUT2D eigenvalue weighted by molar-refractivity contribution is 6.03. The number of hydrogen-bond acceptors (Lipinski definition) is 3. The minimum atomic E-state index is -0.586. The van der Waals surface area contributed by atoms with Crippen molar-refractivity contribution in [3.8, 4) is 0 Å². The smallest absolute Gasteiger partial charge is 0.174 e. The summed E-state index contributed by atoms with van der Waals surface area (Å²) in [6.45, 7) is 3.80. The maximum atomic E-state index is 12.4. The lowest BCUT2D eigenvalue weighted by molar-refractivity contribution is 0.0908. The molecule has 0 saturated carbocycles. The van der Waals surface area contributed by atoms with Crippen molar-refractivity contribution in [2.45, 2.75) is 19.3 Å². The van der Waals surface area contributed by atoms with E-state index in [1.165, 1.54) is 0 Å². The largest absolute Gasteiger partial charge is 0.293 e. The number of Topliss-reactive ketones (excluding diaryl/α,β-unsaturated/α-hetero) is 1. The minimum absolute atomic E-state index is 0. The van der Waals surface area contributed by atoms with Gasteiger partial charge in [-0.25, -0.2) is 0 Å². The third kappa shape index (κ3) is 3.75. The molecule has 0 spiro atoms. The zero-order chi connectivity index (χ0) is 12.3. The predicted octanol–water partition coefficient (Wildman–Crippen LogP) is 3.48. The van der Waals surface area contributed by atoms with Gasteiger partial charge in [-0.15, -0.1) is 24.8 Å². The highest BCUT2D eigenvalue weighted by Gasteiger charge is 2.30. The Bertz CT molecular complexity index is 515. The first kappa shape index (κ1) is 17.6. The van der Waals surface area contributed by atoms with Gasteiger partial charge in [0.2, 0.25) is 0 Å². The summed E-state index contributed by atoms with van der Waals surface area (Å²) in [6.07, 6.45) is 6.69. The lowest BCUT2D eigenvalue weighted by Gasteiger charge is -2.23. The number of nitrogens with zero attached hydrogens (tertiary/aromatic N) is 2. The first-order valence-electron chi connectivity index (χ1n) is 5.47. The minimum Gasteiger partial charge on any atom is -0.293 e. The van der Waals surface area contributed by atoms with Crippen LogP contribution in [0.25, 0.3) is 0 Å². The van der Waals surface area contributed by atoms with E-state index in [0.717, 1.165) is 5.56 Å². The number of halogens is 2. The lowest BCUT2D eigenvalue weighted by Crippen LogP contribution is -2.29. The van der Waals surface area contributed by atoms with Crippen LogP contribution in [0.15, 0.2) is 49.1 Å². The van der Waals surface area contributed by atoms with Crippen LogP contribution >= 0.6 is 24.8 Å². The Kier molecular flexibility index (Phi) is 6.67. The summed E-state index contributed by atoms with van der Waals surface area (Å²) in [5, 5.41) is 0. The highest BCUT2D eigenvalue weighted by Crippen LogP contribution is 2.26. The Hall–Kier alpha value is -1.45. The van der Waals surface area contributed by atoms with E-state index in [-0.39, 0.29) is 30.6 Å². The van der Waals surface area contributed by atoms with Gasteiger partial charge in [0.25, 0.3) is 0 Å². The molecule has 2 rings (SSSR count). The molecule has 102 valence electrons. The van der Waals surface area contributed by atoms with Gasteiger partial charge in [0.1, 0.15) is 0 Å². The number of ketones is 1. The standard InChI is InChI=1S/C14H14N2O.2ClH/c1-14(2,12-6-4-8-16-10-12)13(17)11-5-3-7-15-9-11;;/h3-10H,1-2H3;2*1H. The van der Waals surface area contributed by atoms with Crippen LogP contribution < -0.4 is 0 Å². The van der Waals surface area contributed by atoms with Gasteiger partial charge in [-0.3, -0.25) is 14.8 Å². The molecule has 19 heavy (non-hydrogen) atoms. The Morgan fingerprint density at radius 2 is 1.58 bits per heavy atom. The van der Waals surface area contributed by atoms with Crippen LogP contribution in [0.2, 0.25) is 0 Å². The zero-order valence-corrected chi connectivity index (χ0v) is 12.4. The molecule has 2 heterocycles. The first-order valence-corrected chi connectivity index (χ1v) is 5.47. The molecule has 0 radical (unpaired) electrons. The number of pyridine rings is 2. The summed E-state index contributed by atoms with van der Waals surface area (Å²) >= 11 is 0. The van der Waals surface area contributed by atoms with E-state index >= 15 is 0 Å². The summed E-state index contributed by atoms with van der Waals surface area (Å²) in [4.78, 5) is 20.4. The predicted molar refractivity (Wildman–Crippen MR) is 80.3 cm³/mol. The average molecular weight is 299 g/mol. The van der Waals surface area contributed by atoms with Crippen LogP contribution in [0, 0.1) is 0 Å². The second kappa shape index (κ2) is 7.22. The SMILES string of the molecule is CC(C)(C(=O)c1cccnc1)c1cccnc1.Cl.Cl. The summed E-state index contributed by atoms with van der Waals surface area (Å²) < 4.78 is 0. The van der Waals surface area contributed by atoms with E-state index in [9.17, 15) is 4.79 Å². The fourth-order valence-corrected chi connectivity index (χ4v) is 1.72. The molecule has 0 saturated heterocycles. The zero-order valence-electron chi connectivity index (χ0n) is 10.7. The second-order valence-electron chi connectivity index (χ2n) is 4.44. The summed E-state index contributed by atoms with van der Waals surface area (Å²) in [5.41, 5.74) is 0.951. The number of carbonyl (C=O) groups is 1. The summed E-state index contributed by atoms with van der Waals surface area (Å²) in [6, 6.07) is 7.31. The van der Waals surface area contributed by atoms with Crippen molar-refractivity contribution in [1.82, 2.24) is 9.97 Å². The van der Waals surface area contributed by atoms with Gasteiger partial charge in [0.05, 0.1) is 5.41 Å². The van der Waals surface area contributed by atoms with E-state index < -0.39 is 5.41 Å². The van der Waals surface area contributed by atoms with E-state index in [4.69, 9.17) is 0 Å². The van der Waals surface area contributed by atoms with Crippen LogP contribution in [-0.4, -0.2) is 15.8 Å². The number of rotatable bonds is 3. The van der Waals surface area contributed by atoms with E-state index in [1.54, 1.807) is 36.9 Å². The Labute approximate surface area is 125 Å². The van der Waals surface area contributed by atoms with Crippen molar-refractivity contribution < 1.29 is 4.79 Å². The number of carbonyl (C=O) groups excluding carboxylic acids is 1. The maximum absolute atomic E-state index is 12.4. The third-order valence-electron chi connectivity index (χ3n) is 2.87. The summed E-state index contributed by atoms with van der Waals surface area (Å²) in [5.74, 6) is 0.0543. The molecule has 0 aliphatic heterocycles.